The molecule has 3 amide bonds. The van der Waals surface area contributed by atoms with Crippen LogP contribution in [0.25, 0.3) is 0 Å². The lowest BCUT2D eigenvalue weighted by Gasteiger charge is -2.19. The van der Waals surface area contributed by atoms with Gasteiger partial charge < -0.3 is 15.5 Å². The largest absolute Gasteiger partial charge is 0.324 e. The second kappa shape index (κ2) is 9.98. The fourth-order valence-electron chi connectivity index (χ4n) is 2.96. The zero-order valence-corrected chi connectivity index (χ0v) is 18.1. The minimum Gasteiger partial charge on any atom is -0.324 e. The molecule has 0 bridgehead atoms. The molecule has 0 heterocycles. The van der Waals surface area contributed by atoms with Crippen molar-refractivity contribution in [2.75, 3.05) is 24.2 Å². The number of amides is 3. The minimum atomic E-state index is -0.340. The Kier molecular flexibility index (Phi) is 7.14. The maximum atomic E-state index is 12.7. The summed E-state index contributed by atoms with van der Waals surface area (Å²) >= 11 is 1.57. The van der Waals surface area contributed by atoms with Gasteiger partial charge in [-0.2, -0.15) is 0 Å². The summed E-state index contributed by atoms with van der Waals surface area (Å²) in [6.07, 6.45) is 0. The van der Waals surface area contributed by atoms with E-state index < -0.39 is 0 Å². The predicted octanol–water partition coefficient (Wildman–Crippen LogP) is 5.56. The van der Waals surface area contributed by atoms with Crippen molar-refractivity contribution in [3.8, 4) is 0 Å². The molecule has 2 N–H and O–H groups in total. The second-order valence-electron chi connectivity index (χ2n) is 7.01. The molecule has 154 valence electrons. The molecule has 0 aromatic heterocycles. The van der Waals surface area contributed by atoms with Crippen LogP contribution < -0.4 is 10.6 Å². The van der Waals surface area contributed by atoms with Crippen LogP contribution in [0.4, 0.5) is 16.2 Å². The zero-order chi connectivity index (χ0) is 21.5. The molecule has 0 fully saturated rings. The van der Waals surface area contributed by atoms with Gasteiger partial charge in [0.25, 0.3) is 0 Å². The molecule has 0 aliphatic heterocycles. The van der Waals surface area contributed by atoms with Crippen molar-refractivity contribution < 1.29 is 9.59 Å². The van der Waals surface area contributed by atoms with Crippen molar-refractivity contribution in [3.63, 3.8) is 0 Å². The molecule has 0 unspecified atom stereocenters. The molecule has 3 aromatic rings. The van der Waals surface area contributed by atoms with Gasteiger partial charge in [0.05, 0.1) is 5.69 Å². The van der Waals surface area contributed by atoms with E-state index in [0.29, 0.717) is 5.69 Å². The molecular weight excluding hydrogens is 394 g/mol. The summed E-state index contributed by atoms with van der Waals surface area (Å²) < 4.78 is 0. The van der Waals surface area contributed by atoms with Crippen LogP contribution in [0.1, 0.15) is 11.1 Å². The first-order valence-corrected chi connectivity index (χ1v) is 10.5. The molecule has 0 atom stereocenters. The number of aryl methyl sites for hydroxylation is 2. The second-order valence-corrected chi connectivity index (χ2v) is 8.13. The van der Waals surface area contributed by atoms with Crippen molar-refractivity contribution in [2.45, 2.75) is 23.6 Å². The highest BCUT2D eigenvalue weighted by Gasteiger charge is 2.16. The maximum Gasteiger partial charge on any atom is 0.322 e. The summed E-state index contributed by atoms with van der Waals surface area (Å²) in [5, 5.41) is 5.82. The van der Waals surface area contributed by atoms with Crippen LogP contribution in [0.3, 0.4) is 0 Å². The van der Waals surface area contributed by atoms with E-state index in [4.69, 9.17) is 0 Å². The Morgan fingerprint density at radius 1 is 0.833 bits per heavy atom. The van der Waals surface area contributed by atoms with Crippen molar-refractivity contribution in [2.24, 2.45) is 0 Å². The number of carbonyl (C=O) groups excluding carboxylic acids is 2. The third-order valence-electron chi connectivity index (χ3n) is 4.57. The van der Waals surface area contributed by atoms with Crippen LogP contribution in [0, 0.1) is 13.8 Å². The molecule has 6 heteroatoms. The van der Waals surface area contributed by atoms with Crippen molar-refractivity contribution in [1.82, 2.24) is 4.90 Å². The van der Waals surface area contributed by atoms with E-state index in [-0.39, 0.29) is 18.5 Å². The fourth-order valence-corrected chi connectivity index (χ4v) is 3.89. The summed E-state index contributed by atoms with van der Waals surface area (Å²) in [6, 6.07) is 23.1. The normalized spacial score (nSPS) is 10.4. The van der Waals surface area contributed by atoms with Crippen LogP contribution in [0.5, 0.6) is 0 Å². The third kappa shape index (κ3) is 5.64. The molecular formula is C24H25N3O2S. The Bertz CT molecular complexity index is 1020. The quantitative estimate of drug-likeness (QED) is 0.550. The Balaban J connectivity index is 1.63. The van der Waals surface area contributed by atoms with Gasteiger partial charge in [-0.15, -0.1) is 0 Å². The number of anilines is 2. The molecule has 0 radical (unpaired) electrons. The Morgan fingerprint density at radius 2 is 1.47 bits per heavy atom. The summed E-state index contributed by atoms with van der Waals surface area (Å²) in [4.78, 5) is 28.5. The summed E-state index contributed by atoms with van der Waals surface area (Å²) in [5.74, 6) is -0.239. The van der Waals surface area contributed by atoms with Gasteiger partial charge >= 0.3 is 6.03 Å². The van der Waals surface area contributed by atoms with Gasteiger partial charge in [0.15, 0.2) is 0 Å². The van der Waals surface area contributed by atoms with E-state index in [1.807, 2.05) is 86.6 Å². The van der Waals surface area contributed by atoms with Gasteiger partial charge in [0, 0.05) is 22.5 Å². The summed E-state index contributed by atoms with van der Waals surface area (Å²) in [5.41, 5.74) is 3.48. The Hall–Kier alpha value is -3.25. The highest BCUT2D eigenvalue weighted by atomic mass is 32.2. The molecule has 0 aliphatic carbocycles. The van der Waals surface area contributed by atoms with Crippen LogP contribution in [0.2, 0.25) is 0 Å². The maximum absolute atomic E-state index is 12.7. The number of nitrogens with one attached hydrogen (secondary N) is 2. The summed E-state index contributed by atoms with van der Waals surface area (Å²) in [6.45, 7) is 3.84. The number of rotatable bonds is 6. The van der Waals surface area contributed by atoms with Crippen molar-refractivity contribution in [3.05, 3.63) is 83.9 Å². The SMILES string of the molecule is Cc1cccc(C)c1NC(=O)CN(C)C(=O)Nc1ccccc1Sc1ccccc1. The van der Waals surface area contributed by atoms with Crippen LogP contribution in [-0.2, 0) is 4.79 Å². The molecule has 0 saturated carbocycles. The Morgan fingerprint density at radius 3 is 2.17 bits per heavy atom. The fraction of sp³-hybridized carbons (Fsp3) is 0.167. The van der Waals surface area contributed by atoms with E-state index in [1.54, 1.807) is 18.8 Å². The molecule has 30 heavy (non-hydrogen) atoms. The first-order chi connectivity index (χ1) is 14.4. The van der Waals surface area contributed by atoms with Crippen molar-refractivity contribution >= 4 is 35.1 Å². The molecule has 3 rings (SSSR count). The number of carbonyl (C=O) groups is 2. The van der Waals surface area contributed by atoms with Crippen molar-refractivity contribution in [1.29, 1.82) is 0 Å². The first-order valence-electron chi connectivity index (χ1n) is 9.64. The topological polar surface area (TPSA) is 61.4 Å². The predicted molar refractivity (Wildman–Crippen MR) is 123 cm³/mol. The van der Waals surface area contributed by atoms with Gasteiger partial charge in [-0.25, -0.2) is 4.79 Å². The average Bonchev–Trinajstić information content (AvgIpc) is 2.73. The van der Waals surface area contributed by atoms with E-state index in [2.05, 4.69) is 10.6 Å². The van der Waals surface area contributed by atoms with Crippen LogP contribution in [-0.4, -0.2) is 30.4 Å². The van der Waals surface area contributed by atoms with Gasteiger partial charge in [-0.1, -0.05) is 60.3 Å². The monoisotopic (exact) mass is 419 g/mol. The van der Waals surface area contributed by atoms with Crippen LogP contribution in [0.15, 0.2) is 82.6 Å². The molecule has 0 spiro atoms. The number of hydrogen-bond acceptors (Lipinski definition) is 3. The smallest absolute Gasteiger partial charge is 0.322 e. The standard InChI is InChI=1S/C24H25N3O2S/c1-17-10-9-11-18(2)23(17)26-22(28)16-27(3)24(29)25-20-14-7-8-15-21(20)30-19-12-5-4-6-13-19/h4-15H,16H2,1-3H3,(H,25,29)(H,26,28). The number of nitrogens with zero attached hydrogens (tertiary/aromatic N) is 1. The zero-order valence-electron chi connectivity index (χ0n) is 17.3. The number of likely N-dealkylation sites (N-methyl/N-ethyl adjacent to an activating group) is 1. The lowest BCUT2D eigenvalue weighted by atomic mass is 10.1. The highest BCUT2D eigenvalue weighted by molar-refractivity contribution is 7.99. The average molecular weight is 420 g/mol. The highest BCUT2D eigenvalue weighted by Crippen LogP contribution is 2.33. The number of hydrogen-bond donors (Lipinski definition) is 2. The number of para-hydroxylation sites is 2. The van der Waals surface area contributed by atoms with E-state index >= 15 is 0 Å². The third-order valence-corrected chi connectivity index (χ3v) is 5.66. The van der Waals surface area contributed by atoms with E-state index in [1.165, 1.54) is 4.90 Å². The number of urea groups is 1. The Labute approximate surface area is 181 Å². The summed E-state index contributed by atoms with van der Waals surface area (Å²) in [7, 11) is 1.60. The lowest BCUT2D eigenvalue weighted by Crippen LogP contribution is -2.37. The van der Waals surface area contributed by atoms with Crippen LogP contribution >= 0.6 is 11.8 Å². The molecule has 0 saturated heterocycles. The number of benzene rings is 3. The first kappa shape index (κ1) is 21.5. The molecule has 5 nitrogen and oxygen atoms in total. The lowest BCUT2D eigenvalue weighted by molar-refractivity contribution is -0.116. The molecule has 3 aromatic carbocycles. The molecule has 0 aliphatic rings. The minimum absolute atomic E-state index is 0.0480. The van der Waals surface area contributed by atoms with E-state index in [9.17, 15) is 9.59 Å². The van der Waals surface area contributed by atoms with Gasteiger partial charge in [-0.05, 0) is 49.2 Å². The van der Waals surface area contributed by atoms with E-state index in [0.717, 1.165) is 26.6 Å². The van der Waals surface area contributed by atoms with Gasteiger partial charge in [0.1, 0.15) is 6.54 Å². The van der Waals surface area contributed by atoms with Gasteiger partial charge in [0.2, 0.25) is 5.91 Å². The van der Waals surface area contributed by atoms with Gasteiger partial charge in [-0.3, -0.25) is 4.79 Å².